The van der Waals surface area contributed by atoms with Crippen LogP contribution in [0.3, 0.4) is 0 Å². The Hall–Kier alpha value is -1.25. The Balaban J connectivity index is 1.75. The molecule has 2 amide bonds. The highest BCUT2D eigenvalue weighted by Crippen LogP contribution is 2.30. The van der Waals surface area contributed by atoms with Gasteiger partial charge in [-0.3, -0.25) is 14.5 Å². The Labute approximate surface area is 130 Å². The lowest BCUT2D eigenvalue weighted by Crippen LogP contribution is -2.62. The molecule has 2 saturated heterocycles. The third-order valence-corrected chi connectivity index (χ3v) is 6.58. The van der Waals surface area contributed by atoms with Gasteiger partial charge >= 0.3 is 0 Å². The number of imide groups is 1. The van der Waals surface area contributed by atoms with Gasteiger partial charge in [0.25, 0.3) is 0 Å². The third kappa shape index (κ3) is 2.41. The number of nitrogens with zero attached hydrogens (tertiary/aromatic N) is 2. The maximum atomic E-state index is 12.5. The molecule has 0 spiro atoms. The van der Waals surface area contributed by atoms with Crippen LogP contribution in [-0.4, -0.2) is 48.6 Å². The summed E-state index contributed by atoms with van der Waals surface area (Å²) in [5, 5.41) is 0. The van der Waals surface area contributed by atoms with Crippen molar-refractivity contribution < 1.29 is 18.0 Å². The highest BCUT2D eigenvalue weighted by Gasteiger charge is 2.45. The molecule has 2 aliphatic heterocycles. The first kappa shape index (κ1) is 14.7. The summed E-state index contributed by atoms with van der Waals surface area (Å²) in [6, 6.07) is 6.26. The number of sulfonamides is 1. The van der Waals surface area contributed by atoms with Gasteiger partial charge in [-0.05, 0) is 28.1 Å². The van der Waals surface area contributed by atoms with E-state index in [4.69, 9.17) is 0 Å². The van der Waals surface area contributed by atoms with Crippen LogP contribution in [0.1, 0.15) is 12.8 Å². The fourth-order valence-electron chi connectivity index (χ4n) is 2.57. The van der Waals surface area contributed by atoms with Crippen molar-refractivity contribution in [3.63, 3.8) is 0 Å². The van der Waals surface area contributed by atoms with E-state index >= 15 is 0 Å². The van der Waals surface area contributed by atoms with Crippen LogP contribution in [0.25, 0.3) is 0 Å². The summed E-state index contributed by atoms with van der Waals surface area (Å²) in [5.41, 5.74) is 0. The topological polar surface area (TPSA) is 74.8 Å². The minimum atomic E-state index is -3.59. The summed E-state index contributed by atoms with van der Waals surface area (Å²) < 4.78 is 26.7. The van der Waals surface area contributed by atoms with E-state index in [9.17, 15) is 18.0 Å². The van der Waals surface area contributed by atoms with E-state index in [0.29, 0.717) is 4.47 Å². The molecule has 2 fully saturated rings. The Bertz CT molecular complexity index is 697. The first-order valence-electron chi connectivity index (χ1n) is 6.51. The second-order valence-electron chi connectivity index (χ2n) is 5.06. The zero-order chi connectivity index (χ0) is 15.2. The van der Waals surface area contributed by atoms with E-state index < -0.39 is 10.0 Å². The standard InChI is InChI=1S/C13H13BrN2O4S/c14-10-3-1-2-4-11(10)21(19,20)15-7-9(8-15)16-12(17)5-6-13(16)18/h1-4,9H,5-8H2. The fraction of sp³-hybridized carbons (Fsp3) is 0.385. The number of carbonyl (C=O) groups is 2. The summed E-state index contributed by atoms with van der Waals surface area (Å²) in [4.78, 5) is 24.7. The van der Waals surface area contributed by atoms with Crippen molar-refractivity contribution in [2.45, 2.75) is 23.8 Å². The van der Waals surface area contributed by atoms with Crippen molar-refractivity contribution in [3.8, 4) is 0 Å². The summed E-state index contributed by atoms with van der Waals surface area (Å²) in [7, 11) is -3.59. The van der Waals surface area contributed by atoms with Gasteiger partial charge in [0, 0.05) is 30.4 Å². The zero-order valence-corrected chi connectivity index (χ0v) is 13.4. The van der Waals surface area contributed by atoms with E-state index in [2.05, 4.69) is 15.9 Å². The van der Waals surface area contributed by atoms with Crippen LogP contribution in [0, 0.1) is 0 Å². The molecule has 112 valence electrons. The number of hydrogen-bond acceptors (Lipinski definition) is 4. The maximum Gasteiger partial charge on any atom is 0.244 e. The molecule has 0 N–H and O–H groups in total. The van der Waals surface area contributed by atoms with E-state index in [-0.39, 0.29) is 48.7 Å². The number of benzene rings is 1. The van der Waals surface area contributed by atoms with Gasteiger partial charge in [0.1, 0.15) is 0 Å². The predicted octanol–water partition coefficient (Wildman–Crippen LogP) is 0.971. The number of carbonyl (C=O) groups excluding carboxylic acids is 2. The van der Waals surface area contributed by atoms with E-state index in [1.54, 1.807) is 18.2 Å². The smallest absolute Gasteiger partial charge is 0.244 e. The molecule has 1 aromatic rings. The molecule has 3 rings (SSSR count). The Morgan fingerprint density at radius 2 is 1.62 bits per heavy atom. The molecular weight excluding hydrogens is 360 g/mol. The Kier molecular flexibility index (Phi) is 3.62. The minimum Gasteiger partial charge on any atom is -0.277 e. The van der Waals surface area contributed by atoms with Gasteiger partial charge in [-0.25, -0.2) is 8.42 Å². The van der Waals surface area contributed by atoms with Gasteiger partial charge in [0.15, 0.2) is 0 Å². The second-order valence-corrected chi connectivity index (χ2v) is 7.82. The van der Waals surface area contributed by atoms with Gasteiger partial charge in [-0.15, -0.1) is 0 Å². The molecule has 0 aliphatic carbocycles. The molecular formula is C13H13BrN2O4S. The quantitative estimate of drug-likeness (QED) is 0.741. The largest absolute Gasteiger partial charge is 0.277 e. The van der Waals surface area contributed by atoms with Gasteiger partial charge in [-0.2, -0.15) is 4.31 Å². The number of amides is 2. The van der Waals surface area contributed by atoms with Crippen LogP contribution in [0.15, 0.2) is 33.6 Å². The minimum absolute atomic E-state index is 0.168. The van der Waals surface area contributed by atoms with Crippen LogP contribution >= 0.6 is 15.9 Å². The summed E-state index contributed by atoms with van der Waals surface area (Å²) in [5.74, 6) is -0.411. The van der Waals surface area contributed by atoms with Gasteiger partial charge in [0.2, 0.25) is 21.8 Å². The third-order valence-electron chi connectivity index (χ3n) is 3.74. The van der Waals surface area contributed by atoms with Crippen molar-refractivity contribution in [2.24, 2.45) is 0 Å². The lowest BCUT2D eigenvalue weighted by molar-refractivity contribution is -0.143. The van der Waals surface area contributed by atoms with Crippen LogP contribution in [0.2, 0.25) is 0 Å². The van der Waals surface area contributed by atoms with Gasteiger partial charge in [0.05, 0.1) is 10.9 Å². The average molecular weight is 373 g/mol. The Morgan fingerprint density at radius 1 is 1.05 bits per heavy atom. The van der Waals surface area contributed by atoms with Crippen molar-refractivity contribution in [3.05, 3.63) is 28.7 Å². The first-order chi connectivity index (χ1) is 9.91. The van der Waals surface area contributed by atoms with Crippen LogP contribution in [0.5, 0.6) is 0 Å². The maximum absolute atomic E-state index is 12.5. The number of halogens is 1. The molecule has 0 atom stereocenters. The first-order valence-corrected chi connectivity index (χ1v) is 8.74. The predicted molar refractivity (Wildman–Crippen MR) is 77.8 cm³/mol. The molecule has 1 aromatic carbocycles. The molecule has 21 heavy (non-hydrogen) atoms. The fourth-order valence-corrected chi connectivity index (χ4v) is 5.05. The molecule has 8 heteroatoms. The molecule has 0 bridgehead atoms. The molecule has 0 aromatic heterocycles. The van der Waals surface area contributed by atoms with Crippen LogP contribution in [0.4, 0.5) is 0 Å². The van der Waals surface area contributed by atoms with Crippen molar-refractivity contribution >= 4 is 37.8 Å². The lowest BCUT2D eigenvalue weighted by Gasteiger charge is -2.41. The summed E-state index contributed by atoms with van der Waals surface area (Å²) in [6.45, 7) is 0.336. The van der Waals surface area contributed by atoms with E-state index in [0.717, 1.165) is 0 Å². The summed E-state index contributed by atoms with van der Waals surface area (Å²) >= 11 is 3.23. The highest BCUT2D eigenvalue weighted by molar-refractivity contribution is 9.10. The van der Waals surface area contributed by atoms with E-state index in [1.807, 2.05) is 0 Å². The average Bonchev–Trinajstić information content (AvgIpc) is 2.69. The Morgan fingerprint density at radius 3 is 2.19 bits per heavy atom. The van der Waals surface area contributed by atoms with E-state index in [1.165, 1.54) is 15.3 Å². The number of hydrogen-bond donors (Lipinski definition) is 0. The molecule has 0 radical (unpaired) electrons. The number of likely N-dealkylation sites (tertiary alicyclic amines) is 1. The lowest BCUT2D eigenvalue weighted by atomic mass is 10.1. The number of rotatable bonds is 3. The van der Waals surface area contributed by atoms with Crippen molar-refractivity contribution in [2.75, 3.05) is 13.1 Å². The molecule has 0 saturated carbocycles. The van der Waals surface area contributed by atoms with Crippen molar-refractivity contribution in [1.29, 1.82) is 0 Å². The highest BCUT2D eigenvalue weighted by atomic mass is 79.9. The monoisotopic (exact) mass is 372 g/mol. The van der Waals surface area contributed by atoms with Crippen molar-refractivity contribution in [1.82, 2.24) is 9.21 Å². The zero-order valence-electron chi connectivity index (χ0n) is 11.0. The molecule has 6 nitrogen and oxygen atoms in total. The van der Waals surface area contributed by atoms with Gasteiger partial charge in [-0.1, -0.05) is 12.1 Å². The summed E-state index contributed by atoms with van der Waals surface area (Å²) in [6.07, 6.45) is 0.457. The SMILES string of the molecule is O=C1CCC(=O)N1C1CN(S(=O)(=O)c2ccccc2Br)C1. The van der Waals surface area contributed by atoms with Crippen LogP contribution in [-0.2, 0) is 19.6 Å². The normalized spacial score (nSPS) is 20.9. The second kappa shape index (κ2) is 5.19. The molecule has 2 heterocycles. The molecule has 2 aliphatic rings. The van der Waals surface area contributed by atoms with Crippen LogP contribution < -0.4 is 0 Å². The van der Waals surface area contributed by atoms with Gasteiger partial charge < -0.3 is 0 Å². The molecule has 0 unspecified atom stereocenters.